The Hall–Kier alpha value is -1.03. The van der Waals surface area contributed by atoms with Crippen LogP contribution in [0.15, 0.2) is 24.5 Å². The minimum atomic E-state index is 0.410. The van der Waals surface area contributed by atoms with Crippen LogP contribution in [-0.4, -0.2) is 17.8 Å². The number of nitrogens with zero attached hydrogens (tertiary/aromatic N) is 2. The molecule has 0 spiro atoms. The van der Waals surface area contributed by atoms with Crippen LogP contribution in [0.4, 0.5) is 9.70 Å². The summed E-state index contributed by atoms with van der Waals surface area (Å²) in [5.41, 5.74) is 3.61. The second-order valence-corrected chi connectivity index (χ2v) is 4.99. The van der Waals surface area contributed by atoms with Crippen molar-refractivity contribution in [3.63, 3.8) is 0 Å². The summed E-state index contributed by atoms with van der Waals surface area (Å²) in [5, 5.41) is 0. The minimum absolute atomic E-state index is 0.410. The van der Waals surface area contributed by atoms with Crippen LogP contribution in [0.1, 0.15) is 24.0 Å². The summed E-state index contributed by atoms with van der Waals surface area (Å²) in [4.78, 5) is 6.55. The molecular formula is C13H17FN2S. The van der Waals surface area contributed by atoms with Crippen LogP contribution in [0, 0.1) is 0 Å². The Balaban J connectivity index is 2.12. The van der Waals surface area contributed by atoms with Crippen molar-refractivity contribution in [2.24, 2.45) is 0 Å². The molecule has 0 saturated carbocycles. The number of hydrogen-bond donors (Lipinski definition) is 0. The fraction of sp³-hybridized carbons (Fsp3) is 0.462. The minimum Gasteiger partial charge on any atom is -0.334 e. The molecule has 2 rings (SSSR count). The zero-order valence-electron chi connectivity index (χ0n) is 10.1. The standard InChI is InChI=1S/C13H17FN2S/c1-10-5-6-12-8-11(4-3-7-17-14)9-15-13(12)16(10)2/h8-9H,1,3-7H2,2H3. The Morgan fingerprint density at radius 2 is 2.35 bits per heavy atom. The third-order valence-corrected chi connectivity index (χ3v) is 3.60. The van der Waals surface area contributed by atoms with Gasteiger partial charge >= 0.3 is 0 Å². The fourth-order valence-corrected chi connectivity index (χ4v) is 2.36. The molecule has 1 aliphatic heterocycles. The quantitative estimate of drug-likeness (QED) is 0.763. The fourth-order valence-electron chi connectivity index (χ4n) is 2.10. The van der Waals surface area contributed by atoms with Gasteiger partial charge in [0.1, 0.15) is 5.82 Å². The summed E-state index contributed by atoms with van der Waals surface area (Å²) in [6.07, 6.45) is 5.68. The summed E-state index contributed by atoms with van der Waals surface area (Å²) in [6, 6.07) is 2.20. The molecule has 0 radical (unpaired) electrons. The van der Waals surface area contributed by atoms with Gasteiger partial charge in [-0.1, -0.05) is 12.6 Å². The van der Waals surface area contributed by atoms with Crippen molar-refractivity contribution in [3.05, 3.63) is 35.7 Å². The summed E-state index contributed by atoms with van der Waals surface area (Å²) in [6.45, 7) is 4.02. The first kappa shape index (κ1) is 12.4. The third kappa shape index (κ3) is 2.80. The highest BCUT2D eigenvalue weighted by Crippen LogP contribution is 2.29. The Kier molecular flexibility index (Phi) is 4.05. The molecule has 0 unspecified atom stereocenters. The lowest BCUT2D eigenvalue weighted by atomic mass is 10.0. The summed E-state index contributed by atoms with van der Waals surface area (Å²) < 4.78 is 11.9. The van der Waals surface area contributed by atoms with Gasteiger partial charge in [-0.3, -0.25) is 0 Å². The van der Waals surface area contributed by atoms with Gasteiger partial charge in [-0.15, -0.1) is 0 Å². The van der Waals surface area contributed by atoms with Crippen molar-refractivity contribution in [1.82, 2.24) is 4.98 Å². The number of hydrogen-bond acceptors (Lipinski definition) is 3. The first-order chi connectivity index (χ1) is 8.22. The van der Waals surface area contributed by atoms with E-state index in [9.17, 15) is 3.89 Å². The van der Waals surface area contributed by atoms with Gasteiger partial charge in [-0.05, 0) is 36.8 Å². The molecular weight excluding hydrogens is 235 g/mol. The van der Waals surface area contributed by atoms with Crippen molar-refractivity contribution >= 4 is 18.0 Å². The first-order valence-electron chi connectivity index (χ1n) is 5.85. The number of rotatable bonds is 4. The van der Waals surface area contributed by atoms with Gasteiger partial charge in [0, 0.05) is 36.8 Å². The van der Waals surface area contributed by atoms with Crippen molar-refractivity contribution in [2.45, 2.75) is 25.7 Å². The molecule has 0 amide bonds. The predicted octanol–water partition coefficient (Wildman–Crippen LogP) is 3.53. The molecule has 1 aromatic rings. The zero-order valence-corrected chi connectivity index (χ0v) is 10.9. The third-order valence-electron chi connectivity index (χ3n) is 3.16. The van der Waals surface area contributed by atoms with E-state index in [0.717, 1.165) is 37.2 Å². The van der Waals surface area contributed by atoms with Gasteiger partial charge in [0.15, 0.2) is 0 Å². The van der Waals surface area contributed by atoms with Crippen LogP contribution in [0.3, 0.4) is 0 Å². The van der Waals surface area contributed by atoms with E-state index < -0.39 is 0 Å². The largest absolute Gasteiger partial charge is 0.334 e. The number of anilines is 1. The average molecular weight is 252 g/mol. The van der Waals surface area contributed by atoms with E-state index in [2.05, 4.69) is 22.5 Å². The van der Waals surface area contributed by atoms with Crippen LogP contribution in [0.5, 0.6) is 0 Å². The van der Waals surface area contributed by atoms with Crippen LogP contribution in [0.2, 0.25) is 0 Å². The molecule has 4 heteroatoms. The monoisotopic (exact) mass is 252 g/mol. The van der Waals surface area contributed by atoms with Crippen molar-refractivity contribution in [2.75, 3.05) is 17.7 Å². The van der Waals surface area contributed by atoms with Crippen LogP contribution in [0.25, 0.3) is 0 Å². The summed E-state index contributed by atoms with van der Waals surface area (Å²) in [5.74, 6) is 1.58. The maximum atomic E-state index is 11.9. The Morgan fingerprint density at radius 1 is 1.53 bits per heavy atom. The summed E-state index contributed by atoms with van der Waals surface area (Å²) >= 11 is 0.410. The second-order valence-electron chi connectivity index (χ2n) is 4.37. The molecule has 0 N–H and O–H groups in total. The maximum absolute atomic E-state index is 11.9. The zero-order chi connectivity index (χ0) is 12.3. The van der Waals surface area contributed by atoms with E-state index in [1.165, 1.54) is 11.1 Å². The van der Waals surface area contributed by atoms with Crippen LogP contribution < -0.4 is 4.90 Å². The maximum Gasteiger partial charge on any atom is 0.135 e. The number of halogens is 1. The van der Waals surface area contributed by atoms with Crippen LogP contribution >= 0.6 is 12.1 Å². The molecule has 1 aliphatic rings. The van der Waals surface area contributed by atoms with Gasteiger partial charge in [0.25, 0.3) is 0 Å². The molecule has 92 valence electrons. The van der Waals surface area contributed by atoms with Gasteiger partial charge < -0.3 is 4.90 Å². The van der Waals surface area contributed by atoms with E-state index in [1.54, 1.807) is 0 Å². The number of fused-ring (bicyclic) bond motifs is 1. The van der Waals surface area contributed by atoms with E-state index in [0.29, 0.717) is 17.9 Å². The Bertz CT molecular complexity index is 420. The first-order valence-corrected chi connectivity index (χ1v) is 6.74. The lowest BCUT2D eigenvalue weighted by Crippen LogP contribution is -2.23. The normalized spacial score (nSPS) is 14.9. The van der Waals surface area contributed by atoms with E-state index in [4.69, 9.17) is 0 Å². The number of allylic oxidation sites excluding steroid dienone is 1. The Labute approximate surface area is 106 Å². The molecule has 0 atom stereocenters. The highest BCUT2D eigenvalue weighted by Gasteiger charge is 2.18. The number of pyridine rings is 1. The molecule has 0 aliphatic carbocycles. The lowest BCUT2D eigenvalue weighted by Gasteiger charge is -2.28. The SMILES string of the molecule is C=C1CCc2cc(CCCSF)cnc2N1C. The molecule has 0 aromatic carbocycles. The molecule has 17 heavy (non-hydrogen) atoms. The smallest absolute Gasteiger partial charge is 0.135 e. The highest BCUT2D eigenvalue weighted by molar-refractivity contribution is 7.94. The predicted molar refractivity (Wildman–Crippen MR) is 72.0 cm³/mol. The second kappa shape index (κ2) is 5.54. The van der Waals surface area contributed by atoms with E-state index in [-0.39, 0.29) is 0 Å². The topological polar surface area (TPSA) is 16.1 Å². The molecule has 1 aromatic heterocycles. The Morgan fingerprint density at radius 3 is 3.12 bits per heavy atom. The van der Waals surface area contributed by atoms with Gasteiger partial charge in [0.2, 0.25) is 0 Å². The van der Waals surface area contributed by atoms with Crippen LogP contribution in [-0.2, 0) is 12.8 Å². The molecule has 2 nitrogen and oxygen atoms in total. The van der Waals surface area contributed by atoms with Crippen molar-refractivity contribution < 1.29 is 3.89 Å². The van der Waals surface area contributed by atoms with E-state index >= 15 is 0 Å². The molecule has 0 fully saturated rings. The number of aromatic nitrogens is 1. The van der Waals surface area contributed by atoms with Crippen molar-refractivity contribution in [3.8, 4) is 0 Å². The average Bonchev–Trinajstić information content (AvgIpc) is 2.34. The van der Waals surface area contributed by atoms with Gasteiger partial charge in [-0.2, -0.15) is 3.89 Å². The lowest BCUT2D eigenvalue weighted by molar-refractivity contribution is 0.813. The molecule has 0 bridgehead atoms. The summed E-state index contributed by atoms with van der Waals surface area (Å²) in [7, 11) is 2.01. The van der Waals surface area contributed by atoms with Gasteiger partial charge in [0.05, 0.1) is 0 Å². The van der Waals surface area contributed by atoms with E-state index in [1.807, 2.05) is 13.2 Å². The molecule has 0 saturated heterocycles. The van der Waals surface area contributed by atoms with Crippen molar-refractivity contribution in [1.29, 1.82) is 0 Å². The van der Waals surface area contributed by atoms with Gasteiger partial charge in [-0.25, -0.2) is 4.98 Å². The number of aryl methyl sites for hydroxylation is 2. The molecule has 2 heterocycles. The highest BCUT2D eigenvalue weighted by atomic mass is 32.2.